The SMILES string of the molecule is COc1cccc(COCC(=O)N(C)N)c1. The van der Waals surface area contributed by atoms with Gasteiger partial charge in [0.1, 0.15) is 12.4 Å². The van der Waals surface area contributed by atoms with E-state index >= 15 is 0 Å². The summed E-state index contributed by atoms with van der Waals surface area (Å²) in [4.78, 5) is 11.1. The molecule has 1 aromatic carbocycles. The van der Waals surface area contributed by atoms with E-state index in [4.69, 9.17) is 15.3 Å². The van der Waals surface area contributed by atoms with Crippen LogP contribution in [-0.4, -0.2) is 31.7 Å². The molecule has 88 valence electrons. The number of amides is 1. The van der Waals surface area contributed by atoms with E-state index in [1.165, 1.54) is 7.05 Å². The second kappa shape index (κ2) is 6.09. The molecule has 5 nitrogen and oxygen atoms in total. The number of ether oxygens (including phenoxy) is 2. The fourth-order valence-corrected chi connectivity index (χ4v) is 1.12. The van der Waals surface area contributed by atoms with Gasteiger partial charge in [-0.1, -0.05) is 12.1 Å². The Kier molecular flexibility index (Phi) is 4.75. The third kappa shape index (κ3) is 3.88. The van der Waals surface area contributed by atoms with Crippen LogP contribution in [0.2, 0.25) is 0 Å². The lowest BCUT2D eigenvalue weighted by Gasteiger charge is -2.10. The quantitative estimate of drug-likeness (QED) is 0.450. The van der Waals surface area contributed by atoms with Crippen molar-refractivity contribution < 1.29 is 14.3 Å². The zero-order valence-electron chi connectivity index (χ0n) is 9.47. The fourth-order valence-electron chi connectivity index (χ4n) is 1.12. The second-order valence-electron chi connectivity index (χ2n) is 3.35. The molecule has 2 N–H and O–H groups in total. The molecule has 0 radical (unpaired) electrons. The molecule has 0 heterocycles. The van der Waals surface area contributed by atoms with Crippen molar-refractivity contribution in [2.24, 2.45) is 5.84 Å². The van der Waals surface area contributed by atoms with Crippen LogP contribution >= 0.6 is 0 Å². The summed E-state index contributed by atoms with van der Waals surface area (Å²) in [7, 11) is 3.09. The number of hydrogen-bond acceptors (Lipinski definition) is 4. The zero-order chi connectivity index (χ0) is 12.0. The lowest BCUT2D eigenvalue weighted by atomic mass is 10.2. The van der Waals surface area contributed by atoms with E-state index < -0.39 is 0 Å². The number of carbonyl (C=O) groups excluding carboxylic acids is 1. The molecule has 16 heavy (non-hydrogen) atoms. The van der Waals surface area contributed by atoms with Gasteiger partial charge in [0.25, 0.3) is 5.91 Å². The van der Waals surface area contributed by atoms with Crippen LogP contribution in [0.4, 0.5) is 0 Å². The number of methoxy groups -OCH3 is 1. The molecule has 0 aliphatic carbocycles. The Morgan fingerprint density at radius 1 is 1.50 bits per heavy atom. The topological polar surface area (TPSA) is 64.8 Å². The number of hydrogen-bond donors (Lipinski definition) is 1. The normalized spacial score (nSPS) is 9.94. The van der Waals surface area contributed by atoms with E-state index in [1.807, 2.05) is 24.3 Å². The van der Waals surface area contributed by atoms with Crippen LogP contribution < -0.4 is 10.6 Å². The summed E-state index contributed by atoms with van der Waals surface area (Å²) < 4.78 is 10.3. The van der Waals surface area contributed by atoms with Gasteiger partial charge in [0, 0.05) is 7.05 Å². The molecule has 0 bridgehead atoms. The van der Waals surface area contributed by atoms with Crippen molar-refractivity contribution in [1.29, 1.82) is 0 Å². The van der Waals surface area contributed by atoms with Crippen LogP contribution in [-0.2, 0) is 16.1 Å². The van der Waals surface area contributed by atoms with Gasteiger partial charge in [0.2, 0.25) is 0 Å². The number of hydrazine groups is 1. The van der Waals surface area contributed by atoms with Crippen LogP contribution in [0.25, 0.3) is 0 Å². The van der Waals surface area contributed by atoms with Gasteiger partial charge in [-0.2, -0.15) is 0 Å². The molecule has 0 aromatic heterocycles. The largest absolute Gasteiger partial charge is 0.497 e. The molecule has 0 fully saturated rings. The van der Waals surface area contributed by atoms with Crippen LogP contribution in [0.15, 0.2) is 24.3 Å². The third-order valence-electron chi connectivity index (χ3n) is 2.02. The van der Waals surface area contributed by atoms with Gasteiger partial charge in [0.05, 0.1) is 13.7 Å². The molecule has 0 unspecified atom stereocenters. The van der Waals surface area contributed by atoms with Crippen LogP contribution in [0.1, 0.15) is 5.56 Å². The van der Waals surface area contributed by atoms with Crippen molar-refractivity contribution in [3.05, 3.63) is 29.8 Å². The van der Waals surface area contributed by atoms with E-state index in [-0.39, 0.29) is 12.5 Å². The molecule has 0 saturated heterocycles. The van der Waals surface area contributed by atoms with E-state index in [2.05, 4.69) is 0 Å². The van der Waals surface area contributed by atoms with E-state index in [0.29, 0.717) is 6.61 Å². The molecule has 0 aliphatic rings. The predicted octanol–water partition coefficient (Wildman–Crippen LogP) is 0.544. The molecular weight excluding hydrogens is 208 g/mol. The molecule has 5 heteroatoms. The number of nitrogens with two attached hydrogens (primary N) is 1. The fraction of sp³-hybridized carbons (Fsp3) is 0.364. The summed E-state index contributed by atoms with van der Waals surface area (Å²) in [5.41, 5.74) is 0.951. The molecule has 0 atom stereocenters. The lowest BCUT2D eigenvalue weighted by molar-refractivity contribution is -0.135. The molecule has 1 aromatic rings. The van der Waals surface area contributed by atoms with Gasteiger partial charge in [-0.25, -0.2) is 5.84 Å². The highest BCUT2D eigenvalue weighted by Gasteiger charge is 2.04. The summed E-state index contributed by atoms with van der Waals surface area (Å²) >= 11 is 0. The van der Waals surface area contributed by atoms with Crippen molar-refractivity contribution in [2.75, 3.05) is 20.8 Å². The van der Waals surface area contributed by atoms with Crippen LogP contribution in [0.5, 0.6) is 5.75 Å². The first-order valence-electron chi connectivity index (χ1n) is 4.85. The maximum absolute atomic E-state index is 11.1. The number of rotatable bonds is 5. The monoisotopic (exact) mass is 224 g/mol. The summed E-state index contributed by atoms with van der Waals surface area (Å²) in [6.07, 6.45) is 0. The second-order valence-corrected chi connectivity index (χ2v) is 3.35. The Labute approximate surface area is 94.7 Å². The van der Waals surface area contributed by atoms with Crippen LogP contribution in [0.3, 0.4) is 0 Å². The summed E-state index contributed by atoms with van der Waals surface area (Å²) in [6.45, 7) is 0.334. The van der Waals surface area contributed by atoms with E-state index in [9.17, 15) is 4.79 Å². The predicted molar refractivity (Wildman–Crippen MR) is 59.6 cm³/mol. The minimum absolute atomic E-state index is 0.0236. The average Bonchev–Trinajstić information content (AvgIpc) is 2.29. The van der Waals surface area contributed by atoms with Gasteiger partial charge >= 0.3 is 0 Å². The lowest BCUT2D eigenvalue weighted by Crippen LogP contribution is -2.35. The van der Waals surface area contributed by atoms with Gasteiger partial charge in [-0.15, -0.1) is 0 Å². The summed E-state index contributed by atoms with van der Waals surface area (Å²) in [6, 6.07) is 7.48. The number of nitrogens with zero attached hydrogens (tertiary/aromatic N) is 1. The average molecular weight is 224 g/mol. The highest BCUT2D eigenvalue weighted by atomic mass is 16.5. The van der Waals surface area contributed by atoms with Gasteiger partial charge < -0.3 is 9.47 Å². The van der Waals surface area contributed by atoms with Crippen molar-refractivity contribution >= 4 is 5.91 Å². The number of benzene rings is 1. The number of likely N-dealkylation sites (N-methyl/N-ethyl adjacent to an activating group) is 1. The van der Waals surface area contributed by atoms with Gasteiger partial charge in [-0.3, -0.25) is 9.80 Å². The van der Waals surface area contributed by atoms with E-state index in [0.717, 1.165) is 16.3 Å². The first-order chi connectivity index (χ1) is 7.63. The van der Waals surface area contributed by atoms with Crippen LogP contribution in [0, 0.1) is 0 Å². The molecule has 0 aliphatic heterocycles. The Morgan fingerprint density at radius 2 is 2.25 bits per heavy atom. The molecule has 1 amide bonds. The highest BCUT2D eigenvalue weighted by Crippen LogP contribution is 2.13. The Bertz CT molecular complexity index is 353. The van der Waals surface area contributed by atoms with Crippen molar-refractivity contribution in [1.82, 2.24) is 5.01 Å². The first kappa shape index (κ1) is 12.5. The Balaban J connectivity index is 2.40. The summed E-state index contributed by atoms with van der Waals surface area (Å²) in [5.74, 6) is 5.75. The minimum Gasteiger partial charge on any atom is -0.497 e. The first-order valence-corrected chi connectivity index (χ1v) is 4.85. The maximum Gasteiger partial charge on any atom is 0.262 e. The van der Waals surface area contributed by atoms with Gasteiger partial charge in [0.15, 0.2) is 0 Å². The molecule has 1 rings (SSSR count). The van der Waals surface area contributed by atoms with E-state index in [1.54, 1.807) is 7.11 Å². The molecule has 0 saturated carbocycles. The molecular formula is C11H16N2O3. The Morgan fingerprint density at radius 3 is 2.88 bits per heavy atom. The minimum atomic E-state index is -0.261. The summed E-state index contributed by atoms with van der Waals surface area (Å²) in [5, 5.41) is 1.01. The number of carbonyl (C=O) groups is 1. The maximum atomic E-state index is 11.1. The Hall–Kier alpha value is -1.59. The van der Waals surface area contributed by atoms with Gasteiger partial charge in [-0.05, 0) is 17.7 Å². The third-order valence-corrected chi connectivity index (χ3v) is 2.02. The van der Waals surface area contributed by atoms with Crippen molar-refractivity contribution in [2.45, 2.75) is 6.61 Å². The smallest absolute Gasteiger partial charge is 0.262 e. The van der Waals surface area contributed by atoms with Crippen molar-refractivity contribution in [3.8, 4) is 5.75 Å². The zero-order valence-corrected chi connectivity index (χ0v) is 9.47. The van der Waals surface area contributed by atoms with Crippen molar-refractivity contribution in [3.63, 3.8) is 0 Å². The highest BCUT2D eigenvalue weighted by molar-refractivity contribution is 5.76. The standard InChI is InChI=1S/C11H16N2O3/c1-13(12)11(14)8-16-7-9-4-3-5-10(6-9)15-2/h3-6H,7-8,12H2,1-2H3. The molecule has 0 spiro atoms.